The maximum absolute atomic E-state index is 5.54. The van der Waals surface area contributed by atoms with E-state index < -0.39 is 0 Å². The molecule has 7 aromatic rings. The number of halogens is 1. The Hall–Kier alpha value is -6.84. The van der Waals surface area contributed by atoms with Gasteiger partial charge in [-0.2, -0.15) is 0 Å². The lowest BCUT2D eigenvalue weighted by Gasteiger charge is -2.08. The summed E-state index contributed by atoms with van der Waals surface area (Å²) >= 11 is 3.96. The molecule has 9 heteroatoms. The molecule has 4 aromatic carbocycles. The zero-order chi connectivity index (χ0) is 39.0. The summed E-state index contributed by atoms with van der Waals surface area (Å²) < 4.78 is 23.0. The minimum Gasteiger partial charge on any atom is -0.497 e. The molecule has 0 radical (unpaired) electrons. The maximum atomic E-state index is 5.54. The van der Waals surface area contributed by atoms with E-state index in [1.807, 2.05) is 48.5 Å². The Labute approximate surface area is 338 Å². The van der Waals surface area contributed by atoms with Crippen molar-refractivity contribution in [2.45, 2.75) is 0 Å². The van der Waals surface area contributed by atoms with Gasteiger partial charge in [0.15, 0.2) is 0 Å². The van der Waals surface area contributed by atoms with Crippen molar-refractivity contribution in [3.63, 3.8) is 0 Å². The van der Waals surface area contributed by atoms with Crippen molar-refractivity contribution in [3.8, 4) is 67.5 Å². The zero-order valence-corrected chi connectivity index (χ0v) is 33.3. The predicted molar refractivity (Wildman–Crippen MR) is 235 cm³/mol. The summed E-state index contributed by atoms with van der Waals surface area (Å²) in [5, 5.41) is 0. The second kappa shape index (κ2) is 15.0. The molecule has 0 saturated carbocycles. The number of hydrogen-bond acceptors (Lipinski definition) is 6. The second-order valence-electron chi connectivity index (χ2n) is 13.5. The fourth-order valence-corrected chi connectivity index (χ4v) is 7.99. The summed E-state index contributed by atoms with van der Waals surface area (Å²) in [7, 11) is 6.70. The maximum Gasteiger partial charge on any atom is 0.118 e. The van der Waals surface area contributed by atoms with Crippen LogP contribution in [0.25, 0.3) is 89.3 Å². The fourth-order valence-electron chi connectivity index (χ4n) is 7.49. The summed E-state index contributed by atoms with van der Waals surface area (Å²) in [6.07, 6.45) is 6.27. The molecule has 5 heterocycles. The molecular formula is C48H37BrN4O4. The summed E-state index contributed by atoms with van der Waals surface area (Å²) in [5.41, 5.74) is 14.5. The number of ether oxygens (including phenoxy) is 4. The molecule has 0 amide bonds. The fraction of sp³-hybridized carbons (Fsp3) is 0.0833. The molecule has 2 aliphatic heterocycles. The van der Waals surface area contributed by atoms with Gasteiger partial charge in [-0.15, -0.1) is 0 Å². The quantitative estimate of drug-likeness (QED) is 0.159. The number of nitrogens with one attached hydrogen (secondary N) is 2. The average Bonchev–Trinajstić information content (AvgIpc) is 4.09. The normalized spacial score (nSPS) is 12.0. The Bertz CT molecular complexity index is 2870. The first kappa shape index (κ1) is 35.8. The molecular weight excluding hydrogens is 776 g/mol. The summed E-state index contributed by atoms with van der Waals surface area (Å²) in [6.45, 7) is 0. The lowest BCUT2D eigenvalue weighted by atomic mass is 10.0. The standard InChI is InChI=1S/C48H37BrN4O4/c1-54-32-13-5-28(6-14-32)44-37-21-22-38(50-37)45(29-7-15-33(55-2)16-8-29)40-25-26-42(52-40)47(31-11-19-35(57-4)20-12-31)48-36(49)27-43(53-48)46(41-24-23-39(44)51-41)30-9-17-34(56-3)18-10-30/h5-27,51-52H,1-4H3. The summed E-state index contributed by atoms with van der Waals surface area (Å²) in [6, 6.07) is 40.8. The highest BCUT2D eigenvalue weighted by molar-refractivity contribution is 9.15. The van der Waals surface area contributed by atoms with Crippen LogP contribution in [0.3, 0.4) is 0 Å². The highest BCUT2D eigenvalue weighted by Gasteiger charge is 2.22. The van der Waals surface area contributed by atoms with Crippen LogP contribution in [0.2, 0.25) is 0 Å². The van der Waals surface area contributed by atoms with E-state index in [0.717, 1.165) is 117 Å². The van der Waals surface area contributed by atoms with Crippen molar-refractivity contribution in [1.29, 1.82) is 0 Å². The average molecular weight is 814 g/mol. The van der Waals surface area contributed by atoms with Gasteiger partial charge in [0.25, 0.3) is 0 Å². The van der Waals surface area contributed by atoms with Gasteiger partial charge < -0.3 is 28.9 Å². The van der Waals surface area contributed by atoms with Crippen molar-refractivity contribution in [1.82, 2.24) is 19.9 Å². The lowest BCUT2D eigenvalue weighted by Crippen LogP contribution is -1.91. The van der Waals surface area contributed by atoms with E-state index in [4.69, 9.17) is 28.9 Å². The number of benzene rings is 4. The van der Waals surface area contributed by atoms with Gasteiger partial charge in [-0.25, -0.2) is 9.97 Å². The van der Waals surface area contributed by atoms with E-state index >= 15 is 0 Å². The minimum absolute atomic E-state index is 0.770. The van der Waals surface area contributed by atoms with Crippen LogP contribution < -0.4 is 18.9 Å². The first-order chi connectivity index (χ1) is 27.9. The predicted octanol–water partition coefficient (Wildman–Crippen LogP) is 12.1. The van der Waals surface area contributed by atoms with Crippen molar-refractivity contribution < 1.29 is 18.9 Å². The number of methoxy groups -OCH3 is 4. The molecule has 0 unspecified atom stereocenters. The third-order valence-electron chi connectivity index (χ3n) is 10.3. The Kier molecular flexibility index (Phi) is 9.44. The highest BCUT2D eigenvalue weighted by atomic mass is 79.9. The zero-order valence-electron chi connectivity index (χ0n) is 31.7. The number of H-pyrrole nitrogens is 2. The number of aromatic nitrogens is 4. The van der Waals surface area contributed by atoms with Crippen molar-refractivity contribution in [3.05, 3.63) is 144 Å². The molecule has 8 nitrogen and oxygen atoms in total. The number of hydrogen-bond donors (Lipinski definition) is 2. The van der Waals surface area contributed by atoms with Gasteiger partial charge in [-0.3, -0.25) is 0 Å². The molecule has 0 spiro atoms. The van der Waals surface area contributed by atoms with E-state index in [1.165, 1.54) is 0 Å². The highest BCUT2D eigenvalue weighted by Crippen LogP contribution is 2.42. The summed E-state index contributed by atoms with van der Waals surface area (Å²) in [5.74, 6) is 3.09. The Morgan fingerprint density at radius 1 is 0.386 bits per heavy atom. The van der Waals surface area contributed by atoms with Gasteiger partial charge in [-0.1, -0.05) is 48.5 Å². The van der Waals surface area contributed by atoms with Crippen molar-refractivity contribution in [2.75, 3.05) is 28.4 Å². The Morgan fingerprint density at radius 3 is 1.05 bits per heavy atom. The van der Waals surface area contributed by atoms with E-state index in [-0.39, 0.29) is 0 Å². The van der Waals surface area contributed by atoms with Crippen LogP contribution in [-0.2, 0) is 0 Å². The molecule has 0 fully saturated rings. The number of nitrogens with zero attached hydrogens (tertiary/aromatic N) is 2. The molecule has 0 saturated heterocycles. The monoisotopic (exact) mass is 812 g/mol. The Balaban J connectivity index is 1.45. The molecule has 0 aliphatic carbocycles. The first-order valence-electron chi connectivity index (χ1n) is 18.4. The van der Waals surface area contributed by atoms with Crippen LogP contribution in [0.1, 0.15) is 22.8 Å². The number of aromatic amines is 2. The Morgan fingerprint density at radius 2 is 0.702 bits per heavy atom. The molecule has 8 bridgehead atoms. The molecule has 3 aromatic heterocycles. The van der Waals surface area contributed by atoms with Gasteiger partial charge in [0.2, 0.25) is 0 Å². The molecule has 9 rings (SSSR count). The molecule has 0 atom stereocenters. The lowest BCUT2D eigenvalue weighted by molar-refractivity contribution is 0.415. The second-order valence-corrected chi connectivity index (χ2v) is 14.4. The number of rotatable bonds is 8. The topological polar surface area (TPSA) is 94.3 Å². The minimum atomic E-state index is 0.770. The van der Waals surface area contributed by atoms with Crippen LogP contribution >= 0.6 is 15.9 Å². The van der Waals surface area contributed by atoms with Gasteiger partial charge in [-0.05, 0) is 129 Å². The molecule has 2 aliphatic rings. The van der Waals surface area contributed by atoms with E-state index in [1.54, 1.807) is 28.4 Å². The van der Waals surface area contributed by atoms with Crippen molar-refractivity contribution >= 4 is 60.7 Å². The van der Waals surface area contributed by atoms with Crippen LogP contribution in [0, 0.1) is 0 Å². The number of fused-ring (bicyclic) bond motifs is 8. The molecule has 57 heavy (non-hydrogen) atoms. The van der Waals surface area contributed by atoms with Gasteiger partial charge in [0.1, 0.15) is 23.0 Å². The first-order valence-corrected chi connectivity index (χ1v) is 19.2. The smallest absolute Gasteiger partial charge is 0.118 e. The van der Waals surface area contributed by atoms with Crippen LogP contribution in [0.4, 0.5) is 0 Å². The largest absolute Gasteiger partial charge is 0.497 e. The summed E-state index contributed by atoms with van der Waals surface area (Å²) in [4.78, 5) is 18.4. The molecule has 280 valence electrons. The van der Waals surface area contributed by atoms with Gasteiger partial charge >= 0.3 is 0 Å². The van der Waals surface area contributed by atoms with Gasteiger partial charge in [0.05, 0.1) is 51.2 Å². The van der Waals surface area contributed by atoms with E-state index in [2.05, 4.69) is 117 Å². The van der Waals surface area contributed by atoms with Crippen molar-refractivity contribution in [2.24, 2.45) is 0 Å². The SMILES string of the molecule is COc1ccc(-c2c3nc(c(-c4ccc(OC)cc4)c4ccc([nH]4)c(-c4ccc(OC)cc4)c4nc(c(-c5ccc(OC)cc5)c5ccc2[nH]5)C=C4Br)C=C3)cc1. The van der Waals surface area contributed by atoms with Crippen LogP contribution in [0.15, 0.2) is 121 Å². The van der Waals surface area contributed by atoms with E-state index in [0.29, 0.717) is 0 Å². The van der Waals surface area contributed by atoms with Crippen LogP contribution in [-0.4, -0.2) is 48.4 Å². The van der Waals surface area contributed by atoms with Crippen LogP contribution in [0.5, 0.6) is 23.0 Å². The van der Waals surface area contributed by atoms with Gasteiger partial charge in [0, 0.05) is 48.8 Å². The van der Waals surface area contributed by atoms with E-state index in [9.17, 15) is 0 Å². The third kappa shape index (κ3) is 6.66. The molecule has 2 N–H and O–H groups in total. The third-order valence-corrected chi connectivity index (χ3v) is 10.9.